The first kappa shape index (κ1) is 17.4. The summed E-state index contributed by atoms with van der Waals surface area (Å²) in [4.78, 5) is 32.8. The minimum Gasteiger partial charge on any atom is -0.298 e. The zero-order valence-electron chi connectivity index (χ0n) is 12.9. The van der Waals surface area contributed by atoms with Crippen LogP contribution >= 0.6 is 23.2 Å². The molecule has 0 aliphatic heterocycles. The highest BCUT2D eigenvalue weighted by Gasteiger charge is 2.23. The van der Waals surface area contributed by atoms with E-state index < -0.39 is 0 Å². The Kier molecular flexibility index (Phi) is 5.34. The van der Waals surface area contributed by atoms with Crippen molar-refractivity contribution in [1.82, 2.24) is 9.97 Å². The highest BCUT2D eigenvalue weighted by Crippen LogP contribution is 2.35. The van der Waals surface area contributed by atoms with Crippen LogP contribution in [0, 0.1) is 6.92 Å². The standard InChI is InChI=1S/C16H15Cl2N3O2/c1-9(2)13-14(10(3)4-5-19-13)21(8-23)16-11(7-22)6-12(17)15(18)20-16/h4-9H,1-3H3. The molecule has 7 heteroatoms. The Balaban J connectivity index is 2.74. The summed E-state index contributed by atoms with van der Waals surface area (Å²) in [5.74, 6) is 0.206. The molecule has 23 heavy (non-hydrogen) atoms. The van der Waals surface area contributed by atoms with Crippen molar-refractivity contribution >= 4 is 47.4 Å². The lowest BCUT2D eigenvalue weighted by Gasteiger charge is -2.24. The van der Waals surface area contributed by atoms with E-state index in [-0.39, 0.29) is 27.5 Å². The van der Waals surface area contributed by atoms with Crippen molar-refractivity contribution in [3.05, 3.63) is 45.3 Å². The summed E-state index contributed by atoms with van der Waals surface area (Å²) in [6.07, 6.45) is 2.86. The molecule has 0 radical (unpaired) electrons. The molecule has 0 aliphatic carbocycles. The van der Waals surface area contributed by atoms with E-state index in [4.69, 9.17) is 23.2 Å². The molecule has 2 heterocycles. The molecule has 0 N–H and O–H groups in total. The molecule has 1 amide bonds. The maximum absolute atomic E-state index is 11.8. The Bertz CT molecular complexity index is 763. The lowest BCUT2D eigenvalue weighted by molar-refractivity contribution is -0.106. The number of pyridine rings is 2. The topological polar surface area (TPSA) is 63.2 Å². The van der Waals surface area contributed by atoms with E-state index in [0.29, 0.717) is 18.4 Å². The summed E-state index contributed by atoms with van der Waals surface area (Å²) in [6, 6.07) is 3.17. The third-order valence-electron chi connectivity index (χ3n) is 3.34. The maximum Gasteiger partial charge on any atom is 0.219 e. The molecule has 0 saturated carbocycles. The summed E-state index contributed by atoms with van der Waals surface area (Å²) >= 11 is 11.9. The average Bonchev–Trinajstić information content (AvgIpc) is 2.52. The number of carbonyl (C=O) groups is 2. The van der Waals surface area contributed by atoms with E-state index in [2.05, 4.69) is 9.97 Å². The van der Waals surface area contributed by atoms with E-state index in [1.54, 1.807) is 12.3 Å². The Hall–Kier alpha value is -1.98. The van der Waals surface area contributed by atoms with Crippen molar-refractivity contribution in [3.8, 4) is 0 Å². The van der Waals surface area contributed by atoms with E-state index in [1.807, 2.05) is 20.8 Å². The number of aldehydes is 1. The largest absolute Gasteiger partial charge is 0.298 e. The van der Waals surface area contributed by atoms with Crippen LogP contribution in [0.15, 0.2) is 18.3 Å². The molecule has 0 aliphatic rings. The molecule has 0 saturated heterocycles. The maximum atomic E-state index is 11.8. The van der Waals surface area contributed by atoms with Gasteiger partial charge >= 0.3 is 0 Å². The normalized spacial score (nSPS) is 10.7. The summed E-state index contributed by atoms with van der Waals surface area (Å²) in [5.41, 5.74) is 2.32. The number of halogens is 2. The van der Waals surface area contributed by atoms with Gasteiger partial charge in [-0.15, -0.1) is 0 Å². The van der Waals surface area contributed by atoms with Crippen LogP contribution in [0.3, 0.4) is 0 Å². The molecule has 0 spiro atoms. The Morgan fingerprint density at radius 2 is 1.96 bits per heavy atom. The van der Waals surface area contributed by atoms with Crippen LogP contribution in [0.5, 0.6) is 0 Å². The molecule has 5 nitrogen and oxygen atoms in total. The third-order valence-corrected chi connectivity index (χ3v) is 4.02. The summed E-state index contributed by atoms with van der Waals surface area (Å²) in [7, 11) is 0. The van der Waals surface area contributed by atoms with Crippen molar-refractivity contribution in [2.24, 2.45) is 0 Å². The van der Waals surface area contributed by atoms with Gasteiger partial charge in [-0.3, -0.25) is 19.5 Å². The van der Waals surface area contributed by atoms with Crippen molar-refractivity contribution in [3.63, 3.8) is 0 Å². The van der Waals surface area contributed by atoms with Crippen LogP contribution in [0.25, 0.3) is 0 Å². The highest BCUT2D eigenvalue weighted by atomic mass is 35.5. The van der Waals surface area contributed by atoms with Gasteiger partial charge in [-0.1, -0.05) is 37.0 Å². The average molecular weight is 352 g/mol. The van der Waals surface area contributed by atoms with Gasteiger partial charge in [-0.05, 0) is 30.5 Å². The van der Waals surface area contributed by atoms with Crippen LogP contribution in [0.1, 0.15) is 41.4 Å². The first-order chi connectivity index (χ1) is 10.9. The molecular weight excluding hydrogens is 337 g/mol. The van der Waals surface area contributed by atoms with Crippen LogP contribution in [-0.4, -0.2) is 22.7 Å². The van der Waals surface area contributed by atoms with Crippen LogP contribution < -0.4 is 4.90 Å². The first-order valence-electron chi connectivity index (χ1n) is 6.92. The Morgan fingerprint density at radius 1 is 1.26 bits per heavy atom. The SMILES string of the molecule is Cc1ccnc(C(C)C)c1N(C=O)c1nc(Cl)c(Cl)cc1C=O. The van der Waals surface area contributed by atoms with E-state index in [0.717, 1.165) is 11.3 Å². The molecule has 2 aromatic heterocycles. The zero-order valence-corrected chi connectivity index (χ0v) is 14.4. The molecule has 120 valence electrons. The van der Waals surface area contributed by atoms with Gasteiger partial charge in [0.15, 0.2) is 12.1 Å². The van der Waals surface area contributed by atoms with Crippen molar-refractivity contribution < 1.29 is 9.59 Å². The molecule has 0 atom stereocenters. The van der Waals surface area contributed by atoms with Gasteiger partial charge in [-0.2, -0.15) is 0 Å². The van der Waals surface area contributed by atoms with Crippen molar-refractivity contribution in [1.29, 1.82) is 0 Å². The molecule has 0 bridgehead atoms. The van der Waals surface area contributed by atoms with Crippen molar-refractivity contribution in [2.45, 2.75) is 26.7 Å². The number of nitrogens with zero attached hydrogens (tertiary/aromatic N) is 3. The number of anilines is 2. The molecule has 2 aromatic rings. The molecule has 2 rings (SSSR count). The molecule has 0 unspecified atom stereocenters. The number of hydrogen-bond donors (Lipinski definition) is 0. The van der Waals surface area contributed by atoms with Crippen LogP contribution in [0.2, 0.25) is 10.2 Å². The number of carbonyl (C=O) groups excluding carboxylic acids is 2. The zero-order chi connectivity index (χ0) is 17.1. The lowest BCUT2D eigenvalue weighted by Crippen LogP contribution is -2.21. The second kappa shape index (κ2) is 7.06. The van der Waals surface area contributed by atoms with Gasteiger partial charge in [0.2, 0.25) is 6.41 Å². The third kappa shape index (κ3) is 3.35. The van der Waals surface area contributed by atoms with Crippen LogP contribution in [0.4, 0.5) is 11.5 Å². The Labute approximate surface area is 144 Å². The minimum atomic E-state index is 0.0201. The highest BCUT2D eigenvalue weighted by molar-refractivity contribution is 6.41. The smallest absolute Gasteiger partial charge is 0.219 e. The number of rotatable bonds is 5. The number of aryl methyl sites for hydroxylation is 1. The van der Waals surface area contributed by atoms with Gasteiger partial charge in [0.1, 0.15) is 5.15 Å². The van der Waals surface area contributed by atoms with Gasteiger partial charge in [0.25, 0.3) is 0 Å². The summed E-state index contributed by atoms with van der Waals surface area (Å²) in [5, 5.41) is 0.169. The lowest BCUT2D eigenvalue weighted by atomic mass is 10.0. The van der Waals surface area contributed by atoms with E-state index in [1.165, 1.54) is 11.0 Å². The van der Waals surface area contributed by atoms with Crippen molar-refractivity contribution in [2.75, 3.05) is 4.90 Å². The number of aromatic nitrogens is 2. The fraction of sp³-hybridized carbons (Fsp3) is 0.250. The van der Waals surface area contributed by atoms with E-state index in [9.17, 15) is 9.59 Å². The van der Waals surface area contributed by atoms with E-state index >= 15 is 0 Å². The fourth-order valence-corrected chi connectivity index (χ4v) is 2.56. The van der Waals surface area contributed by atoms with Gasteiger partial charge in [0, 0.05) is 6.20 Å². The molecule has 0 fully saturated rings. The number of hydrogen-bond acceptors (Lipinski definition) is 4. The van der Waals surface area contributed by atoms with Gasteiger partial charge < -0.3 is 0 Å². The summed E-state index contributed by atoms with van der Waals surface area (Å²) in [6.45, 7) is 5.80. The van der Waals surface area contributed by atoms with Crippen LogP contribution in [-0.2, 0) is 4.79 Å². The van der Waals surface area contributed by atoms with Gasteiger partial charge in [-0.25, -0.2) is 4.98 Å². The first-order valence-corrected chi connectivity index (χ1v) is 7.67. The summed E-state index contributed by atoms with van der Waals surface area (Å²) < 4.78 is 0. The predicted molar refractivity (Wildman–Crippen MR) is 90.9 cm³/mol. The minimum absolute atomic E-state index is 0.0201. The second-order valence-electron chi connectivity index (χ2n) is 5.28. The quantitative estimate of drug-likeness (QED) is 0.594. The predicted octanol–water partition coefficient (Wildman–Crippen LogP) is 4.32. The second-order valence-corrected chi connectivity index (χ2v) is 6.05. The monoisotopic (exact) mass is 351 g/mol. The molecular formula is C16H15Cl2N3O2. The Morgan fingerprint density at radius 3 is 2.52 bits per heavy atom. The number of amides is 1. The fourth-order valence-electron chi connectivity index (χ4n) is 2.27. The molecule has 0 aromatic carbocycles. The van der Waals surface area contributed by atoms with Gasteiger partial charge in [0.05, 0.1) is 22.0 Å².